The van der Waals surface area contributed by atoms with E-state index in [0.29, 0.717) is 6.42 Å². The molecule has 0 aromatic heterocycles. The molecular weight excluding hydrogens is 136 g/mol. The number of rotatable bonds is 4. The molecule has 0 saturated heterocycles. The first kappa shape index (κ1) is 9.89. The molecule has 1 heteroatoms. The monoisotopic (exact) mass is 150 g/mol. The van der Waals surface area contributed by atoms with Crippen molar-refractivity contribution in [1.82, 2.24) is 0 Å². The van der Waals surface area contributed by atoms with E-state index in [0.717, 1.165) is 5.57 Å². The molecule has 0 aliphatic heterocycles. The number of carbonyl (C=O) groups excluding carboxylic acids is 1. The zero-order valence-electron chi connectivity index (χ0n) is 7.13. The Morgan fingerprint density at radius 3 is 2.55 bits per heavy atom. The van der Waals surface area contributed by atoms with Gasteiger partial charge in [0.25, 0.3) is 0 Å². The Labute approximate surface area is 68.1 Å². The van der Waals surface area contributed by atoms with E-state index in [2.05, 4.69) is 6.58 Å². The summed E-state index contributed by atoms with van der Waals surface area (Å²) >= 11 is 0. The zero-order valence-corrected chi connectivity index (χ0v) is 7.13. The van der Waals surface area contributed by atoms with E-state index in [1.165, 1.54) is 0 Å². The van der Waals surface area contributed by atoms with E-state index in [1.807, 2.05) is 19.9 Å². The summed E-state index contributed by atoms with van der Waals surface area (Å²) in [5, 5.41) is 0. The summed E-state index contributed by atoms with van der Waals surface area (Å²) in [5.74, 6) is 0.156. The number of hydrogen-bond acceptors (Lipinski definition) is 1. The minimum Gasteiger partial charge on any atom is -0.294 e. The number of hydrogen-bond donors (Lipinski definition) is 0. The van der Waals surface area contributed by atoms with Gasteiger partial charge >= 0.3 is 0 Å². The van der Waals surface area contributed by atoms with Crippen molar-refractivity contribution >= 4 is 5.78 Å². The summed E-state index contributed by atoms with van der Waals surface area (Å²) in [7, 11) is 0. The molecule has 1 nitrogen and oxygen atoms in total. The van der Waals surface area contributed by atoms with Crippen LogP contribution in [0.2, 0.25) is 0 Å². The maximum atomic E-state index is 11.1. The molecule has 0 aromatic rings. The molecule has 0 rings (SSSR count). The standard InChI is InChI=1S/C10H14O/c1-4-7-9(8-5-2)10(11)6-3/h4-5,7-8H,1,6H2,2-3H3/b8-5-,9-7+. The van der Waals surface area contributed by atoms with Gasteiger partial charge in [-0.2, -0.15) is 0 Å². The minimum atomic E-state index is 0.156. The maximum Gasteiger partial charge on any atom is 0.162 e. The molecule has 0 spiro atoms. The Hall–Kier alpha value is -1.11. The molecule has 0 aliphatic rings. The van der Waals surface area contributed by atoms with Crippen LogP contribution in [-0.4, -0.2) is 5.78 Å². The van der Waals surface area contributed by atoms with Crippen molar-refractivity contribution in [2.45, 2.75) is 20.3 Å². The van der Waals surface area contributed by atoms with Gasteiger partial charge in [-0.25, -0.2) is 0 Å². The topological polar surface area (TPSA) is 17.1 Å². The van der Waals surface area contributed by atoms with E-state index in [-0.39, 0.29) is 5.78 Å². The van der Waals surface area contributed by atoms with Crippen LogP contribution in [-0.2, 0) is 4.79 Å². The molecule has 0 aliphatic carbocycles. The fourth-order valence-electron chi connectivity index (χ4n) is 0.752. The van der Waals surface area contributed by atoms with Crippen molar-refractivity contribution in [2.75, 3.05) is 0 Å². The van der Waals surface area contributed by atoms with Gasteiger partial charge in [-0.1, -0.05) is 37.8 Å². The van der Waals surface area contributed by atoms with Gasteiger partial charge in [0.2, 0.25) is 0 Å². The zero-order chi connectivity index (χ0) is 8.69. The highest BCUT2D eigenvalue weighted by atomic mass is 16.1. The average molecular weight is 150 g/mol. The third-order valence-corrected chi connectivity index (χ3v) is 1.29. The van der Waals surface area contributed by atoms with Gasteiger partial charge in [-0.05, 0) is 6.92 Å². The molecule has 60 valence electrons. The number of carbonyl (C=O) groups is 1. The van der Waals surface area contributed by atoms with Crippen molar-refractivity contribution < 1.29 is 4.79 Å². The van der Waals surface area contributed by atoms with Gasteiger partial charge in [0.1, 0.15) is 0 Å². The number of Topliss-reactive ketones (excluding diaryl/α,β-unsaturated/α-hetero) is 1. The van der Waals surface area contributed by atoms with Crippen molar-refractivity contribution in [3.8, 4) is 0 Å². The predicted molar refractivity (Wildman–Crippen MR) is 48.4 cm³/mol. The van der Waals surface area contributed by atoms with Crippen molar-refractivity contribution in [1.29, 1.82) is 0 Å². The lowest BCUT2D eigenvalue weighted by molar-refractivity contribution is -0.114. The van der Waals surface area contributed by atoms with E-state index in [4.69, 9.17) is 0 Å². The Morgan fingerprint density at radius 1 is 1.55 bits per heavy atom. The molecule has 11 heavy (non-hydrogen) atoms. The highest BCUT2D eigenvalue weighted by molar-refractivity contribution is 5.97. The summed E-state index contributed by atoms with van der Waals surface area (Å²) in [6, 6.07) is 0. The largest absolute Gasteiger partial charge is 0.294 e. The third kappa shape index (κ3) is 3.56. The molecule has 0 heterocycles. The van der Waals surface area contributed by atoms with Gasteiger partial charge in [-0.15, -0.1) is 0 Å². The first-order chi connectivity index (χ1) is 5.26. The van der Waals surface area contributed by atoms with E-state index >= 15 is 0 Å². The third-order valence-electron chi connectivity index (χ3n) is 1.29. The molecule has 0 saturated carbocycles. The smallest absolute Gasteiger partial charge is 0.162 e. The molecule has 0 atom stereocenters. The van der Waals surface area contributed by atoms with Crippen LogP contribution in [0.3, 0.4) is 0 Å². The second-order valence-corrected chi connectivity index (χ2v) is 2.13. The van der Waals surface area contributed by atoms with Gasteiger partial charge in [-0.3, -0.25) is 4.79 Å². The average Bonchev–Trinajstić information content (AvgIpc) is 2.03. The second kappa shape index (κ2) is 5.66. The van der Waals surface area contributed by atoms with E-state index < -0.39 is 0 Å². The van der Waals surface area contributed by atoms with Crippen LogP contribution in [0.15, 0.2) is 36.5 Å². The van der Waals surface area contributed by atoms with Crippen LogP contribution in [0.4, 0.5) is 0 Å². The Morgan fingerprint density at radius 2 is 2.18 bits per heavy atom. The van der Waals surface area contributed by atoms with Crippen molar-refractivity contribution in [3.05, 3.63) is 36.5 Å². The molecule has 0 amide bonds. The Balaban J connectivity index is 4.46. The molecule has 0 fully saturated rings. The van der Waals surface area contributed by atoms with E-state index in [1.54, 1.807) is 18.2 Å². The lowest BCUT2D eigenvalue weighted by atomic mass is 10.1. The van der Waals surface area contributed by atoms with Crippen molar-refractivity contribution in [3.63, 3.8) is 0 Å². The second-order valence-electron chi connectivity index (χ2n) is 2.13. The predicted octanol–water partition coefficient (Wildman–Crippen LogP) is 2.65. The molecule has 0 N–H and O–H groups in total. The van der Waals surface area contributed by atoms with Gasteiger partial charge in [0.15, 0.2) is 5.78 Å². The normalized spacial score (nSPS) is 12.0. The summed E-state index contributed by atoms with van der Waals surface area (Å²) < 4.78 is 0. The molecule has 0 unspecified atom stereocenters. The summed E-state index contributed by atoms with van der Waals surface area (Å²) in [6.07, 6.45) is 7.55. The highest BCUT2D eigenvalue weighted by Crippen LogP contribution is 2.01. The fraction of sp³-hybridized carbons (Fsp3) is 0.300. The first-order valence-electron chi connectivity index (χ1n) is 3.74. The van der Waals surface area contributed by atoms with Crippen LogP contribution in [0, 0.1) is 0 Å². The molecule has 0 radical (unpaired) electrons. The number of allylic oxidation sites excluding steroid dienone is 5. The summed E-state index contributed by atoms with van der Waals surface area (Å²) in [4.78, 5) is 11.1. The molecule has 0 aromatic carbocycles. The quantitative estimate of drug-likeness (QED) is 0.445. The van der Waals surface area contributed by atoms with Crippen LogP contribution in [0.25, 0.3) is 0 Å². The minimum absolute atomic E-state index is 0.156. The highest BCUT2D eigenvalue weighted by Gasteiger charge is 2.00. The van der Waals surface area contributed by atoms with Crippen molar-refractivity contribution in [2.24, 2.45) is 0 Å². The lowest BCUT2D eigenvalue weighted by Crippen LogP contribution is -1.96. The SMILES string of the molecule is C=C/C=C(\C=C/C)C(=O)CC. The fourth-order valence-corrected chi connectivity index (χ4v) is 0.752. The summed E-state index contributed by atoms with van der Waals surface area (Å²) in [6.45, 7) is 7.28. The Kier molecular flexibility index (Phi) is 5.09. The van der Waals surface area contributed by atoms with Crippen LogP contribution < -0.4 is 0 Å². The van der Waals surface area contributed by atoms with Crippen LogP contribution in [0.1, 0.15) is 20.3 Å². The van der Waals surface area contributed by atoms with Gasteiger partial charge < -0.3 is 0 Å². The van der Waals surface area contributed by atoms with Crippen LogP contribution >= 0.6 is 0 Å². The summed E-state index contributed by atoms with van der Waals surface area (Å²) in [5.41, 5.74) is 0.727. The first-order valence-corrected chi connectivity index (χ1v) is 3.74. The Bertz CT molecular complexity index is 197. The molecular formula is C10H14O. The molecule has 0 bridgehead atoms. The van der Waals surface area contributed by atoms with E-state index in [9.17, 15) is 4.79 Å². The van der Waals surface area contributed by atoms with Gasteiger partial charge in [0.05, 0.1) is 0 Å². The van der Waals surface area contributed by atoms with Gasteiger partial charge in [0, 0.05) is 12.0 Å². The van der Waals surface area contributed by atoms with Crippen LogP contribution in [0.5, 0.6) is 0 Å². The lowest BCUT2D eigenvalue weighted by Gasteiger charge is -1.94. The number of ketones is 1. The maximum absolute atomic E-state index is 11.1.